The van der Waals surface area contributed by atoms with Crippen LogP contribution in [0.1, 0.15) is 27.2 Å². The molecule has 2 N–H and O–H groups in total. The van der Waals surface area contributed by atoms with Gasteiger partial charge in [0.15, 0.2) is 5.96 Å². The Balaban J connectivity index is 1.84. The zero-order valence-electron chi connectivity index (χ0n) is 12.9. The summed E-state index contributed by atoms with van der Waals surface area (Å²) in [6.07, 6.45) is 1.08. The lowest BCUT2D eigenvalue weighted by atomic mass is 10.3. The second-order valence-electron chi connectivity index (χ2n) is 5.57. The molecule has 3 atom stereocenters. The number of aliphatic imine (C=N–C) groups is 1. The Morgan fingerprint density at radius 2 is 2.29 bits per heavy atom. The molecule has 1 aliphatic rings. The second kappa shape index (κ2) is 7.29. The maximum atomic E-state index is 13.1. The van der Waals surface area contributed by atoms with E-state index in [1.807, 2.05) is 13.8 Å². The SMILES string of the molecule is CCNC(=NCC(C)Oc1cccc(F)c1)NC1CC1C. The molecule has 0 amide bonds. The smallest absolute Gasteiger partial charge is 0.191 e. The topological polar surface area (TPSA) is 45.7 Å². The summed E-state index contributed by atoms with van der Waals surface area (Å²) in [5.41, 5.74) is 0. The maximum absolute atomic E-state index is 13.1. The van der Waals surface area contributed by atoms with Crippen LogP contribution in [0.4, 0.5) is 4.39 Å². The molecule has 116 valence electrons. The molecule has 4 nitrogen and oxygen atoms in total. The third-order valence-electron chi connectivity index (χ3n) is 3.42. The van der Waals surface area contributed by atoms with Crippen molar-refractivity contribution in [3.05, 3.63) is 30.1 Å². The summed E-state index contributed by atoms with van der Waals surface area (Å²) in [6, 6.07) is 6.71. The van der Waals surface area contributed by atoms with E-state index in [2.05, 4.69) is 22.5 Å². The van der Waals surface area contributed by atoms with E-state index >= 15 is 0 Å². The van der Waals surface area contributed by atoms with Crippen molar-refractivity contribution < 1.29 is 9.13 Å². The number of nitrogens with one attached hydrogen (secondary N) is 2. The van der Waals surface area contributed by atoms with Crippen molar-refractivity contribution in [3.8, 4) is 5.75 Å². The molecule has 21 heavy (non-hydrogen) atoms. The number of hydrogen-bond donors (Lipinski definition) is 2. The minimum absolute atomic E-state index is 0.112. The fraction of sp³-hybridized carbons (Fsp3) is 0.562. The van der Waals surface area contributed by atoms with E-state index in [0.29, 0.717) is 18.3 Å². The highest BCUT2D eigenvalue weighted by Crippen LogP contribution is 2.28. The van der Waals surface area contributed by atoms with Crippen LogP contribution >= 0.6 is 0 Å². The summed E-state index contributed by atoms with van der Waals surface area (Å²) < 4.78 is 18.8. The highest BCUT2D eigenvalue weighted by Gasteiger charge is 2.33. The maximum Gasteiger partial charge on any atom is 0.191 e. The van der Waals surface area contributed by atoms with Gasteiger partial charge in [-0.05, 0) is 38.3 Å². The van der Waals surface area contributed by atoms with E-state index < -0.39 is 0 Å². The van der Waals surface area contributed by atoms with Crippen molar-refractivity contribution in [2.45, 2.75) is 39.3 Å². The molecule has 5 heteroatoms. The molecule has 3 unspecified atom stereocenters. The van der Waals surface area contributed by atoms with E-state index in [1.165, 1.54) is 18.6 Å². The number of nitrogens with zero attached hydrogens (tertiary/aromatic N) is 1. The molecule has 1 aliphatic carbocycles. The lowest BCUT2D eigenvalue weighted by molar-refractivity contribution is 0.229. The van der Waals surface area contributed by atoms with Gasteiger partial charge in [-0.2, -0.15) is 0 Å². The normalized spacial score (nSPS) is 22.6. The van der Waals surface area contributed by atoms with E-state index in [1.54, 1.807) is 12.1 Å². The van der Waals surface area contributed by atoms with Crippen LogP contribution in [0.15, 0.2) is 29.3 Å². The van der Waals surface area contributed by atoms with E-state index in [0.717, 1.165) is 18.4 Å². The second-order valence-corrected chi connectivity index (χ2v) is 5.57. The molecule has 0 spiro atoms. The van der Waals surface area contributed by atoms with Crippen LogP contribution in [0, 0.1) is 11.7 Å². The molecule has 0 heterocycles. The van der Waals surface area contributed by atoms with E-state index in [4.69, 9.17) is 4.74 Å². The minimum Gasteiger partial charge on any atom is -0.489 e. The first-order valence-electron chi connectivity index (χ1n) is 7.55. The van der Waals surface area contributed by atoms with Crippen LogP contribution in [-0.2, 0) is 0 Å². The Hall–Kier alpha value is -1.78. The molecule has 0 bridgehead atoms. The minimum atomic E-state index is -0.291. The Morgan fingerprint density at radius 1 is 1.52 bits per heavy atom. The van der Waals surface area contributed by atoms with Gasteiger partial charge in [-0.1, -0.05) is 13.0 Å². The molecule has 0 saturated heterocycles. The van der Waals surface area contributed by atoms with Crippen molar-refractivity contribution in [2.75, 3.05) is 13.1 Å². The summed E-state index contributed by atoms with van der Waals surface area (Å²) in [7, 11) is 0. The highest BCUT2D eigenvalue weighted by molar-refractivity contribution is 5.80. The van der Waals surface area contributed by atoms with Gasteiger partial charge in [0.2, 0.25) is 0 Å². The number of benzene rings is 1. The largest absolute Gasteiger partial charge is 0.489 e. The number of rotatable bonds is 6. The van der Waals surface area contributed by atoms with Crippen LogP contribution in [0.3, 0.4) is 0 Å². The molecule has 1 saturated carbocycles. The first-order chi connectivity index (χ1) is 10.1. The van der Waals surface area contributed by atoms with Crippen LogP contribution in [-0.4, -0.2) is 31.2 Å². The van der Waals surface area contributed by atoms with Crippen LogP contribution < -0.4 is 15.4 Å². The Kier molecular flexibility index (Phi) is 5.42. The number of guanidine groups is 1. The summed E-state index contributed by atoms with van der Waals surface area (Å²) in [5.74, 6) is 1.78. The average Bonchev–Trinajstić information content (AvgIpc) is 3.12. The van der Waals surface area contributed by atoms with Gasteiger partial charge in [0.1, 0.15) is 17.7 Å². The summed E-state index contributed by atoms with van der Waals surface area (Å²) in [5, 5.41) is 6.62. The lowest BCUT2D eigenvalue weighted by Crippen LogP contribution is -2.39. The van der Waals surface area contributed by atoms with Crippen molar-refractivity contribution in [2.24, 2.45) is 10.9 Å². The van der Waals surface area contributed by atoms with Crippen LogP contribution in [0.2, 0.25) is 0 Å². The van der Waals surface area contributed by atoms with Crippen molar-refractivity contribution >= 4 is 5.96 Å². The van der Waals surface area contributed by atoms with Gasteiger partial charge in [-0.3, -0.25) is 0 Å². The van der Waals surface area contributed by atoms with Gasteiger partial charge in [0.05, 0.1) is 6.54 Å². The zero-order valence-corrected chi connectivity index (χ0v) is 12.9. The van der Waals surface area contributed by atoms with Crippen molar-refractivity contribution in [3.63, 3.8) is 0 Å². The van der Waals surface area contributed by atoms with Gasteiger partial charge < -0.3 is 15.4 Å². The van der Waals surface area contributed by atoms with Crippen LogP contribution in [0.5, 0.6) is 5.75 Å². The van der Waals surface area contributed by atoms with Crippen molar-refractivity contribution in [1.82, 2.24) is 10.6 Å². The zero-order chi connectivity index (χ0) is 15.2. The number of ether oxygens (including phenoxy) is 1. The molecule has 0 aliphatic heterocycles. The Bertz CT molecular complexity index is 492. The standard InChI is InChI=1S/C16H24FN3O/c1-4-18-16(20-15-8-11(15)2)19-10-12(3)21-14-7-5-6-13(17)9-14/h5-7,9,11-12,15H,4,8,10H2,1-3H3,(H2,18,19,20). The highest BCUT2D eigenvalue weighted by atomic mass is 19.1. The molecular formula is C16H24FN3O. The first kappa shape index (κ1) is 15.6. The lowest BCUT2D eigenvalue weighted by Gasteiger charge is -2.15. The molecule has 0 radical (unpaired) electrons. The fourth-order valence-corrected chi connectivity index (χ4v) is 2.05. The number of halogens is 1. The van der Waals surface area contributed by atoms with Gasteiger partial charge in [0, 0.05) is 18.7 Å². The monoisotopic (exact) mass is 293 g/mol. The molecule has 1 fully saturated rings. The first-order valence-corrected chi connectivity index (χ1v) is 7.55. The fourth-order valence-electron chi connectivity index (χ4n) is 2.05. The van der Waals surface area contributed by atoms with Crippen molar-refractivity contribution in [1.29, 1.82) is 0 Å². The van der Waals surface area contributed by atoms with Gasteiger partial charge >= 0.3 is 0 Å². The third kappa shape index (κ3) is 5.25. The summed E-state index contributed by atoms with van der Waals surface area (Å²) in [4.78, 5) is 4.52. The predicted octanol–water partition coefficient (Wildman–Crippen LogP) is 2.56. The third-order valence-corrected chi connectivity index (χ3v) is 3.42. The van der Waals surface area contributed by atoms with Gasteiger partial charge in [-0.15, -0.1) is 0 Å². The molecule has 0 aromatic heterocycles. The molecular weight excluding hydrogens is 269 g/mol. The Morgan fingerprint density at radius 3 is 2.90 bits per heavy atom. The Labute approximate surface area is 125 Å². The molecule has 2 rings (SSSR count). The van der Waals surface area contributed by atoms with E-state index in [-0.39, 0.29) is 11.9 Å². The predicted molar refractivity (Wildman–Crippen MR) is 83.2 cm³/mol. The average molecular weight is 293 g/mol. The summed E-state index contributed by atoms with van der Waals surface area (Å²) >= 11 is 0. The van der Waals surface area contributed by atoms with Gasteiger partial charge in [0.25, 0.3) is 0 Å². The molecule has 1 aromatic rings. The summed E-state index contributed by atoms with van der Waals surface area (Å²) in [6.45, 7) is 7.54. The van der Waals surface area contributed by atoms with Crippen LogP contribution in [0.25, 0.3) is 0 Å². The quantitative estimate of drug-likeness (QED) is 0.626. The molecule has 1 aromatic carbocycles. The van der Waals surface area contributed by atoms with E-state index in [9.17, 15) is 4.39 Å². The number of hydrogen-bond acceptors (Lipinski definition) is 2. The van der Waals surface area contributed by atoms with Gasteiger partial charge in [-0.25, -0.2) is 9.38 Å².